The molecule has 1 rings (SSSR count). The summed E-state index contributed by atoms with van der Waals surface area (Å²) in [5.74, 6) is 2.27. The smallest absolute Gasteiger partial charge is 0.0568 e. The highest BCUT2D eigenvalue weighted by atomic mass is 16.3. The maximum Gasteiger partial charge on any atom is 0.0568 e. The van der Waals surface area contributed by atoms with Gasteiger partial charge in [0.1, 0.15) is 0 Å². The molecule has 15 heavy (non-hydrogen) atoms. The van der Waals surface area contributed by atoms with E-state index in [-0.39, 0.29) is 6.10 Å². The van der Waals surface area contributed by atoms with Gasteiger partial charge in [-0.2, -0.15) is 0 Å². The molecule has 0 heterocycles. The Morgan fingerprint density at radius 3 is 2.13 bits per heavy atom. The van der Waals surface area contributed by atoms with Gasteiger partial charge in [0.05, 0.1) is 6.10 Å². The predicted molar refractivity (Wildman–Crippen MR) is 65.8 cm³/mol. The average molecular weight is 212 g/mol. The van der Waals surface area contributed by atoms with Gasteiger partial charge in [-0.1, -0.05) is 40.0 Å². The summed E-state index contributed by atoms with van der Waals surface area (Å²) in [5, 5.41) is 10.1. The Morgan fingerprint density at radius 1 is 1.07 bits per heavy atom. The monoisotopic (exact) mass is 212 g/mol. The van der Waals surface area contributed by atoms with E-state index in [4.69, 9.17) is 0 Å². The van der Waals surface area contributed by atoms with E-state index >= 15 is 0 Å². The van der Waals surface area contributed by atoms with Crippen LogP contribution in [0, 0.1) is 17.8 Å². The van der Waals surface area contributed by atoms with Gasteiger partial charge in [-0.3, -0.25) is 0 Å². The summed E-state index contributed by atoms with van der Waals surface area (Å²) >= 11 is 0. The molecule has 1 nitrogen and oxygen atoms in total. The van der Waals surface area contributed by atoms with E-state index in [0.717, 1.165) is 18.3 Å². The number of aliphatic hydroxyl groups excluding tert-OH is 1. The Hall–Kier alpha value is -0.0400. The fourth-order valence-electron chi connectivity index (χ4n) is 2.72. The third kappa shape index (κ3) is 4.55. The Balaban J connectivity index is 2.20. The van der Waals surface area contributed by atoms with Crippen molar-refractivity contribution >= 4 is 0 Å². The molecule has 0 aliphatic heterocycles. The minimum atomic E-state index is -0.0230. The molecule has 0 aromatic heterocycles. The van der Waals surface area contributed by atoms with Gasteiger partial charge in [0.25, 0.3) is 0 Å². The molecule has 1 unspecified atom stereocenters. The minimum Gasteiger partial charge on any atom is -0.393 e. The Morgan fingerprint density at radius 2 is 1.67 bits per heavy atom. The van der Waals surface area contributed by atoms with Gasteiger partial charge >= 0.3 is 0 Å². The summed E-state index contributed by atoms with van der Waals surface area (Å²) in [6.45, 7) is 6.77. The number of hydrogen-bond donors (Lipinski definition) is 1. The van der Waals surface area contributed by atoms with Gasteiger partial charge in [-0.05, 0) is 43.4 Å². The van der Waals surface area contributed by atoms with Crippen LogP contribution in [0.1, 0.15) is 65.7 Å². The van der Waals surface area contributed by atoms with E-state index in [1.165, 1.54) is 38.5 Å². The fourth-order valence-corrected chi connectivity index (χ4v) is 2.72. The fraction of sp³-hybridized carbons (Fsp3) is 1.00. The van der Waals surface area contributed by atoms with Crippen LogP contribution < -0.4 is 0 Å². The first-order valence-corrected chi connectivity index (χ1v) is 6.81. The van der Waals surface area contributed by atoms with Gasteiger partial charge in [0.2, 0.25) is 0 Å². The van der Waals surface area contributed by atoms with Crippen LogP contribution in [0.25, 0.3) is 0 Å². The third-order valence-corrected chi connectivity index (χ3v) is 4.05. The van der Waals surface area contributed by atoms with Crippen molar-refractivity contribution in [1.29, 1.82) is 0 Å². The first-order chi connectivity index (χ1) is 7.13. The second-order valence-electron chi connectivity index (χ2n) is 5.73. The molecule has 1 aliphatic carbocycles. The third-order valence-electron chi connectivity index (χ3n) is 4.05. The molecule has 0 aromatic rings. The van der Waals surface area contributed by atoms with E-state index < -0.39 is 0 Å². The molecule has 0 bridgehead atoms. The molecule has 0 aromatic carbocycles. The maximum absolute atomic E-state index is 10.1. The van der Waals surface area contributed by atoms with Gasteiger partial charge in [-0.25, -0.2) is 0 Å². The largest absolute Gasteiger partial charge is 0.393 e. The van der Waals surface area contributed by atoms with Crippen LogP contribution in [-0.2, 0) is 0 Å². The second-order valence-corrected chi connectivity index (χ2v) is 5.73. The SMILES string of the molecule is CCC1CCC(C(O)CCC(C)C)CC1. The minimum absolute atomic E-state index is 0.0230. The van der Waals surface area contributed by atoms with Gasteiger partial charge in [0, 0.05) is 0 Å². The zero-order valence-electron chi connectivity index (χ0n) is 10.7. The van der Waals surface area contributed by atoms with E-state index in [9.17, 15) is 5.11 Å². The highest BCUT2D eigenvalue weighted by Crippen LogP contribution is 2.33. The van der Waals surface area contributed by atoms with Crippen LogP contribution >= 0.6 is 0 Å². The molecule has 1 N–H and O–H groups in total. The Kier molecular flexibility index (Phi) is 5.66. The highest BCUT2D eigenvalue weighted by molar-refractivity contribution is 4.77. The Bertz CT molecular complexity index is 157. The highest BCUT2D eigenvalue weighted by Gasteiger charge is 2.25. The molecule has 0 saturated heterocycles. The lowest BCUT2D eigenvalue weighted by Gasteiger charge is -2.31. The van der Waals surface area contributed by atoms with Crippen molar-refractivity contribution in [2.45, 2.75) is 71.8 Å². The molecule has 0 spiro atoms. The quantitative estimate of drug-likeness (QED) is 0.730. The van der Waals surface area contributed by atoms with Crippen molar-refractivity contribution in [3.63, 3.8) is 0 Å². The number of aliphatic hydroxyl groups is 1. The summed E-state index contributed by atoms with van der Waals surface area (Å²) < 4.78 is 0. The molecular weight excluding hydrogens is 184 g/mol. The first kappa shape index (κ1) is 13.0. The molecular formula is C14H28O. The van der Waals surface area contributed by atoms with Crippen molar-refractivity contribution < 1.29 is 5.11 Å². The van der Waals surface area contributed by atoms with E-state index in [1.807, 2.05) is 0 Å². The lowest BCUT2D eigenvalue weighted by atomic mass is 9.77. The lowest BCUT2D eigenvalue weighted by molar-refractivity contribution is 0.0621. The second kappa shape index (κ2) is 6.52. The summed E-state index contributed by atoms with van der Waals surface area (Å²) in [6, 6.07) is 0. The summed E-state index contributed by atoms with van der Waals surface area (Å²) in [7, 11) is 0. The predicted octanol–water partition coefficient (Wildman–Crippen LogP) is 4.00. The van der Waals surface area contributed by atoms with Crippen molar-refractivity contribution in [2.75, 3.05) is 0 Å². The number of hydrogen-bond acceptors (Lipinski definition) is 1. The first-order valence-electron chi connectivity index (χ1n) is 6.81. The van der Waals surface area contributed by atoms with E-state index in [2.05, 4.69) is 20.8 Å². The van der Waals surface area contributed by atoms with Crippen LogP contribution in [0.4, 0.5) is 0 Å². The standard InChI is InChI=1S/C14H28O/c1-4-12-6-8-13(9-7-12)14(15)10-5-11(2)3/h11-15H,4-10H2,1-3H3. The van der Waals surface area contributed by atoms with Crippen molar-refractivity contribution in [2.24, 2.45) is 17.8 Å². The van der Waals surface area contributed by atoms with Crippen molar-refractivity contribution in [3.8, 4) is 0 Å². The van der Waals surface area contributed by atoms with Crippen molar-refractivity contribution in [1.82, 2.24) is 0 Å². The van der Waals surface area contributed by atoms with E-state index in [1.54, 1.807) is 0 Å². The molecule has 1 aliphatic rings. The van der Waals surface area contributed by atoms with Gasteiger partial charge < -0.3 is 5.11 Å². The van der Waals surface area contributed by atoms with Crippen molar-refractivity contribution in [3.05, 3.63) is 0 Å². The molecule has 1 heteroatoms. The summed E-state index contributed by atoms with van der Waals surface area (Å²) in [4.78, 5) is 0. The van der Waals surface area contributed by atoms with Crippen LogP contribution in [0.5, 0.6) is 0 Å². The lowest BCUT2D eigenvalue weighted by Crippen LogP contribution is -2.25. The average Bonchev–Trinajstić information content (AvgIpc) is 2.26. The molecule has 1 fully saturated rings. The topological polar surface area (TPSA) is 20.2 Å². The molecule has 1 atom stereocenters. The normalized spacial score (nSPS) is 29.4. The number of rotatable bonds is 5. The van der Waals surface area contributed by atoms with Crippen LogP contribution in [0.3, 0.4) is 0 Å². The maximum atomic E-state index is 10.1. The van der Waals surface area contributed by atoms with E-state index in [0.29, 0.717) is 5.92 Å². The van der Waals surface area contributed by atoms with Crippen LogP contribution in [0.15, 0.2) is 0 Å². The van der Waals surface area contributed by atoms with Crippen LogP contribution in [0.2, 0.25) is 0 Å². The Labute approximate surface area is 95.3 Å². The molecule has 90 valence electrons. The molecule has 0 radical (unpaired) electrons. The zero-order chi connectivity index (χ0) is 11.3. The van der Waals surface area contributed by atoms with Gasteiger partial charge in [-0.15, -0.1) is 0 Å². The molecule has 1 saturated carbocycles. The van der Waals surface area contributed by atoms with Gasteiger partial charge in [0.15, 0.2) is 0 Å². The summed E-state index contributed by atoms with van der Waals surface area (Å²) in [6.07, 6.45) is 8.71. The summed E-state index contributed by atoms with van der Waals surface area (Å²) in [5.41, 5.74) is 0. The zero-order valence-corrected chi connectivity index (χ0v) is 10.7. The molecule has 0 amide bonds. The van der Waals surface area contributed by atoms with Crippen LogP contribution in [-0.4, -0.2) is 11.2 Å².